The third-order valence-electron chi connectivity index (χ3n) is 3.59. The quantitative estimate of drug-likeness (QED) is 0.529. The van der Waals surface area contributed by atoms with Gasteiger partial charge in [-0.05, 0) is 13.8 Å². The number of amides is 2. The standard InChI is InChI=1S/C10H19NO4S.C7H13NO3/c1-4-10(13)11(5-2)7-9(12)8-16(14,15)6-3;1-3-6(9)8(4-2)5-7(10)11/h4-8H2,1-3H3;3-5H2,1-2H3,(H,10,11). The van der Waals surface area contributed by atoms with E-state index in [0.29, 0.717) is 25.9 Å². The molecular weight excluding hydrogens is 376 g/mol. The van der Waals surface area contributed by atoms with Crippen LogP contribution in [0, 0.1) is 0 Å². The first-order chi connectivity index (χ1) is 12.5. The van der Waals surface area contributed by atoms with Crippen molar-refractivity contribution in [2.45, 2.75) is 47.5 Å². The Morgan fingerprint density at radius 1 is 0.778 bits per heavy atom. The van der Waals surface area contributed by atoms with Gasteiger partial charge in [-0.25, -0.2) is 8.42 Å². The lowest BCUT2D eigenvalue weighted by molar-refractivity contribution is -0.144. The van der Waals surface area contributed by atoms with Gasteiger partial charge in [-0.15, -0.1) is 0 Å². The first-order valence-corrected chi connectivity index (χ1v) is 10.8. The molecule has 0 aliphatic heterocycles. The number of likely N-dealkylation sites (N-methyl/N-ethyl adjacent to an activating group) is 2. The number of sulfone groups is 1. The van der Waals surface area contributed by atoms with Crippen molar-refractivity contribution in [1.29, 1.82) is 0 Å². The minimum absolute atomic E-state index is 0.0490. The highest BCUT2D eigenvalue weighted by Gasteiger charge is 2.18. The topological polar surface area (TPSA) is 129 Å². The fourth-order valence-electron chi connectivity index (χ4n) is 1.97. The Morgan fingerprint density at radius 2 is 1.19 bits per heavy atom. The van der Waals surface area contributed by atoms with Crippen molar-refractivity contribution in [3.63, 3.8) is 0 Å². The van der Waals surface area contributed by atoms with E-state index in [2.05, 4.69) is 0 Å². The van der Waals surface area contributed by atoms with Gasteiger partial charge in [0.1, 0.15) is 12.3 Å². The Balaban J connectivity index is 0. The molecule has 0 aromatic carbocycles. The van der Waals surface area contributed by atoms with Crippen molar-refractivity contribution in [2.75, 3.05) is 37.7 Å². The summed E-state index contributed by atoms with van der Waals surface area (Å²) in [5.74, 6) is -2.16. The van der Waals surface area contributed by atoms with E-state index in [1.54, 1.807) is 27.7 Å². The summed E-state index contributed by atoms with van der Waals surface area (Å²) in [6.45, 7) is 9.02. The maximum atomic E-state index is 11.4. The number of carboxylic acid groups (broad SMARTS) is 1. The summed E-state index contributed by atoms with van der Waals surface area (Å²) in [6.07, 6.45) is 0.683. The monoisotopic (exact) mass is 408 g/mol. The lowest BCUT2D eigenvalue weighted by atomic mass is 10.3. The van der Waals surface area contributed by atoms with Gasteiger partial charge in [0.2, 0.25) is 11.8 Å². The van der Waals surface area contributed by atoms with E-state index in [1.165, 1.54) is 16.7 Å². The summed E-state index contributed by atoms with van der Waals surface area (Å²) in [6, 6.07) is 0. The molecule has 1 N–H and O–H groups in total. The van der Waals surface area contributed by atoms with E-state index < -0.39 is 27.3 Å². The first kappa shape index (κ1) is 27.3. The Morgan fingerprint density at radius 3 is 1.48 bits per heavy atom. The molecule has 10 heteroatoms. The zero-order chi connectivity index (χ0) is 21.6. The Bertz CT molecular complexity index is 602. The lowest BCUT2D eigenvalue weighted by Crippen LogP contribution is -2.37. The molecule has 0 heterocycles. The number of nitrogens with zero attached hydrogens (tertiary/aromatic N) is 2. The predicted octanol–water partition coefficient (Wildman–Crippen LogP) is 0.578. The molecule has 0 saturated heterocycles. The van der Waals surface area contributed by atoms with Gasteiger partial charge < -0.3 is 14.9 Å². The molecule has 0 radical (unpaired) electrons. The summed E-state index contributed by atoms with van der Waals surface area (Å²) in [4.78, 5) is 46.6. The van der Waals surface area contributed by atoms with E-state index in [0.717, 1.165) is 0 Å². The van der Waals surface area contributed by atoms with Gasteiger partial charge >= 0.3 is 5.97 Å². The molecule has 0 aromatic heterocycles. The maximum absolute atomic E-state index is 11.4. The molecule has 0 rings (SSSR count). The maximum Gasteiger partial charge on any atom is 0.323 e. The fourth-order valence-corrected chi connectivity index (χ4v) is 2.75. The molecule has 27 heavy (non-hydrogen) atoms. The summed E-state index contributed by atoms with van der Waals surface area (Å²) < 4.78 is 22.4. The highest BCUT2D eigenvalue weighted by Crippen LogP contribution is 1.97. The highest BCUT2D eigenvalue weighted by atomic mass is 32.2. The molecule has 0 fully saturated rings. The van der Waals surface area contributed by atoms with Crippen LogP contribution in [0.15, 0.2) is 0 Å². The number of ketones is 1. The number of carboxylic acids is 1. The van der Waals surface area contributed by atoms with Crippen LogP contribution in [0.3, 0.4) is 0 Å². The number of carbonyl (C=O) groups excluding carboxylic acids is 3. The van der Waals surface area contributed by atoms with Crippen molar-refractivity contribution < 1.29 is 32.7 Å². The van der Waals surface area contributed by atoms with Crippen LogP contribution in [0.2, 0.25) is 0 Å². The number of carbonyl (C=O) groups is 4. The van der Waals surface area contributed by atoms with Crippen LogP contribution in [0.4, 0.5) is 0 Å². The largest absolute Gasteiger partial charge is 0.480 e. The molecule has 0 aliphatic carbocycles. The Labute approximate surface area is 161 Å². The number of hydrogen-bond donors (Lipinski definition) is 1. The van der Waals surface area contributed by atoms with E-state index in [1.807, 2.05) is 0 Å². The second-order valence-electron chi connectivity index (χ2n) is 5.63. The van der Waals surface area contributed by atoms with E-state index in [9.17, 15) is 27.6 Å². The van der Waals surface area contributed by atoms with Crippen molar-refractivity contribution >= 4 is 33.4 Å². The van der Waals surface area contributed by atoms with Gasteiger partial charge in [-0.2, -0.15) is 0 Å². The lowest BCUT2D eigenvalue weighted by Gasteiger charge is -2.19. The van der Waals surface area contributed by atoms with Gasteiger partial charge in [-0.1, -0.05) is 20.8 Å². The SMILES string of the molecule is CCC(=O)N(CC)CC(=O)CS(=O)(=O)CC.CCC(=O)N(CC)CC(=O)O. The highest BCUT2D eigenvalue weighted by molar-refractivity contribution is 7.92. The molecule has 0 aliphatic rings. The second-order valence-corrected chi connectivity index (χ2v) is 7.99. The second kappa shape index (κ2) is 14.1. The van der Waals surface area contributed by atoms with Crippen LogP contribution in [0.5, 0.6) is 0 Å². The van der Waals surface area contributed by atoms with Gasteiger partial charge in [0.05, 0.1) is 6.54 Å². The average Bonchev–Trinajstić information content (AvgIpc) is 2.62. The summed E-state index contributed by atoms with van der Waals surface area (Å²) in [5.41, 5.74) is 0. The van der Waals surface area contributed by atoms with Crippen molar-refractivity contribution in [2.24, 2.45) is 0 Å². The molecule has 0 aromatic rings. The van der Waals surface area contributed by atoms with E-state index in [4.69, 9.17) is 5.11 Å². The summed E-state index contributed by atoms with van der Waals surface area (Å²) in [5, 5.41) is 8.37. The van der Waals surface area contributed by atoms with E-state index >= 15 is 0 Å². The zero-order valence-electron chi connectivity index (χ0n) is 16.9. The van der Waals surface area contributed by atoms with Crippen LogP contribution in [-0.2, 0) is 29.0 Å². The van der Waals surface area contributed by atoms with Crippen LogP contribution >= 0.6 is 0 Å². The van der Waals surface area contributed by atoms with Gasteiger partial charge in [0.25, 0.3) is 0 Å². The van der Waals surface area contributed by atoms with Crippen molar-refractivity contribution in [1.82, 2.24) is 9.80 Å². The normalized spacial score (nSPS) is 10.4. The number of Topliss-reactive ketones (excluding diaryl/α,β-unsaturated/α-hetero) is 1. The zero-order valence-corrected chi connectivity index (χ0v) is 17.7. The van der Waals surface area contributed by atoms with Crippen molar-refractivity contribution in [3.05, 3.63) is 0 Å². The molecule has 0 spiro atoms. The van der Waals surface area contributed by atoms with Crippen LogP contribution in [-0.4, -0.2) is 84.6 Å². The molecule has 2 amide bonds. The third-order valence-corrected chi connectivity index (χ3v) is 5.23. The number of rotatable bonds is 11. The number of hydrogen-bond acceptors (Lipinski definition) is 6. The molecule has 0 bridgehead atoms. The molecule has 0 unspecified atom stereocenters. The number of aliphatic carboxylic acids is 1. The fraction of sp³-hybridized carbons (Fsp3) is 0.765. The van der Waals surface area contributed by atoms with Gasteiger partial charge in [-0.3, -0.25) is 19.2 Å². The van der Waals surface area contributed by atoms with Crippen LogP contribution in [0.25, 0.3) is 0 Å². The molecule has 0 atom stereocenters. The molecule has 0 saturated carbocycles. The summed E-state index contributed by atoms with van der Waals surface area (Å²) >= 11 is 0. The Kier molecular flexibility index (Phi) is 14.3. The van der Waals surface area contributed by atoms with Crippen LogP contribution < -0.4 is 0 Å². The molecule has 158 valence electrons. The Hall–Kier alpha value is -1.97. The predicted molar refractivity (Wildman–Crippen MR) is 102 cm³/mol. The molecule has 9 nitrogen and oxygen atoms in total. The summed E-state index contributed by atoms with van der Waals surface area (Å²) in [7, 11) is -3.29. The minimum Gasteiger partial charge on any atom is -0.480 e. The third kappa shape index (κ3) is 12.9. The smallest absolute Gasteiger partial charge is 0.323 e. The van der Waals surface area contributed by atoms with Crippen LogP contribution in [0.1, 0.15) is 47.5 Å². The van der Waals surface area contributed by atoms with Crippen molar-refractivity contribution in [3.8, 4) is 0 Å². The van der Waals surface area contributed by atoms with E-state index in [-0.39, 0.29) is 30.7 Å². The molecular formula is C17H32N2O7S. The van der Waals surface area contributed by atoms with Gasteiger partial charge in [0, 0.05) is 31.7 Å². The van der Waals surface area contributed by atoms with Gasteiger partial charge in [0.15, 0.2) is 15.6 Å². The first-order valence-electron chi connectivity index (χ1n) is 8.97. The average molecular weight is 409 g/mol. The minimum atomic E-state index is -3.29.